The van der Waals surface area contributed by atoms with Crippen molar-refractivity contribution >= 4 is 11.3 Å². The van der Waals surface area contributed by atoms with Crippen LogP contribution in [0.2, 0.25) is 0 Å². The summed E-state index contributed by atoms with van der Waals surface area (Å²) in [5.41, 5.74) is 1.49. The van der Waals surface area contributed by atoms with Gasteiger partial charge in [0.05, 0.1) is 4.88 Å². The predicted molar refractivity (Wildman–Crippen MR) is 50.5 cm³/mol. The summed E-state index contributed by atoms with van der Waals surface area (Å²) < 4.78 is 36.9. The van der Waals surface area contributed by atoms with Gasteiger partial charge < -0.3 is 5.21 Å². The van der Waals surface area contributed by atoms with Crippen LogP contribution in [0, 0.1) is 17.8 Å². The van der Waals surface area contributed by atoms with Gasteiger partial charge in [0, 0.05) is 6.54 Å². The van der Waals surface area contributed by atoms with Crippen LogP contribution >= 0.6 is 11.3 Å². The SMILES string of the molecule is ONCC(C#Cc1cccs1)C(F)(F)F. The quantitative estimate of drug-likeness (QED) is 0.608. The number of halogens is 3. The Balaban J connectivity index is 2.74. The highest BCUT2D eigenvalue weighted by molar-refractivity contribution is 7.10. The first-order chi connectivity index (χ1) is 7.04. The minimum absolute atomic E-state index is 0.571. The molecule has 82 valence electrons. The first kappa shape index (κ1) is 12.0. The van der Waals surface area contributed by atoms with Crippen LogP contribution in [0.1, 0.15) is 4.88 Å². The molecule has 0 aromatic carbocycles. The summed E-state index contributed by atoms with van der Waals surface area (Å²) in [4.78, 5) is 0.571. The average molecular weight is 235 g/mol. The number of rotatable bonds is 2. The summed E-state index contributed by atoms with van der Waals surface area (Å²) >= 11 is 1.27. The highest BCUT2D eigenvalue weighted by Gasteiger charge is 2.38. The zero-order valence-corrected chi connectivity index (χ0v) is 8.32. The summed E-state index contributed by atoms with van der Waals surface area (Å²) in [7, 11) is 0. The Morgan fingerprint density at radius 3 is 2.73 bits per heavy atom. The van der Waals surface area contributed by atoms with E-state index in [2.05, 4.69) is 11.8 Å². The van der Waals surface area contributed by atoms with Crippen molar-refractivity contribution in [1.82, 2.24) is 5.48 Å². The molecule has 2 nitrogen and oxygen atoms in total. The van der Waals surface area contributed by atoms with Crippen LogP contribution < -0.4 is 5.48 Å². The molecule has 2 N–H and O–H groups in total. The van der Waals surface area contributed by atoms with E-state index in [4.69, 9.17) is 5.21 Å². The van der Waals surface area contributed by atoms with Crippen molar-refractivity contribution in [1.29, 1.82) is 0 Å². The third kappa shape index (κ3) is 3.91. The molecule has 1 atom stereocenters. The van der Waals surface area contributed by atoms with Gasteiger partial charge in [-0.25, -0.2) is 5.48 Å². The van der Waals surface area contributed by atoms with E-state index in [0.717, 1.165) is 0 Å². The minimum Gasteiger partial charge on any atom is -0.317 e. The zero-order chi connectivity index (χ0) is 11.3. The van der Waals surface area contributed by atoms with Crippen LogP contribution in [0.5, 0.6) is 0 Å². The van der Waals surface area contributed by atoms with E-state index in [1.807, 2.05) is 0 Å². The molecule has 0 aliphatic carbocycles. The Bertz CT molecular complexity index is 350. The second kappa shape index (κ2) is 5.16. The largest absolute Gasteiger partial charge is 0.403 e. The molecular weight excluding hydrogens is 227 g/mol. The maximum absolute atomic E-state index is 12.3. The molecule has 0 radical (unpaired) electrons. The lowest BCUT2D eigenvalue weighted by Gasteiger charge is -2.12. The number of hydrogen-bond acceptors (Lipinski definition) is 3. The molecule has 0 aliphatic rings. The first-order valence-corrected chi connectivity index (χ1v) is 4.90. The fourth-order valence-corrected chi connectivity index (χ4v) is 1.43. The summed E-state index contributed by atoms with van der Waals surface area (Å²) in [5.74, 6) is 2.63. The van der Waals surface area contributed by atoms with E-state index in [1.165, 1.54) is 16.8 Å². The number of hydrogen-bond donors (Lipinski definition) is 2. The monoisotopic (exact) mass is 235 g/mol. The number of hydroxylamine groups is 1. The minimum atomic E-state index is -4.43. The lowest BCUT2D eigenvalue weighted by atomic mass is 10.1. The van der Waals surface area contributed by atoms with Crippen molar-refractivity contribution < 1.29 is 18.4 Å². The van der Waals surface area contributed by atoms with Crippen LogP contribution in [0.25, 0.3) is 0 Å². The van der Waals surface area contributed by atoms with Gasteiger partial charge in [0.15, 0.2) is 0 Å². The summed E-state index contributed by atoms with van der Waals surface area (Å²) in [6, 6.07) is 3.35. The Kier molecular flexibility index (Phi) is 4.15. The van der Waals surface area contributed by atoms with Crippen LogP contribution in [0.3, 0.4) is 0 Å². The molecule has 0 amide bonds. The van der Waals surface area contributed by atoms with Gasteiger partial charge in [-0.05, 0) is 11.4 Å². The van der Waals surface area contributed by atoms with Gasteiger partial charge in [-0.2, -0.15) is 13.2 Å². The van der Waals surface area contributed by atoms with E-state index in [1.54, 1.807) is 17.5 Å². The highest BCUT2D eigenvalue weighted by atomic mass is 32.1. The van der Waals surface area contributed by atoms with Crippen molar-refractivity contribution in [3.05, 3.63) is 22.4 Å². The van der Waals surface area contributed by atoms with Gasteiger partial charge in [-0.15, -0.1) is 11.3 Å². The van der Waals surface area contributed by atoms with Gasteiger partial charge >= 0.3 is 6.18 Å². The zero-order valence-electron chi connectivity index (χ0n) is 7.51. The molecule has 15 heavy (non-hydrogen) atoms. The van der Waals surface area contributed by atoms with Crippen LogP contribution in [-0.2, 0) is 0 Å². The topological polar surface area (TPSA) is 32.3 Å². The predicted octanol–water partition coefficient (Wildman–Crippen LogP) is 2.26. The molecule has 6 heteroatoms. The number of alkyl halides is 3. The van der Waals surface area contributed by atoms with E-state index in [9.17, 15) is 13.2 Å². The Morgan fingerprint density at radius 1 is 1.53 bits per heavy atom. The maximum Gasteiger partial charge on any atom is 0.403 e. The first-order valence-electron chi connectivity index (χ1n) is 4.02. The fourth-order valence-electron chi connectivity index (χ4n) is 0.848. The molecule has 1 unspecified atom stereocenters. The van der Waals surface area contributed by atoms with Gasteiger partial charge in [-0.3, -0.25) is 0 Å². The van der Waals surface area contributed by atoms with Crippen molar-refractivity contribution in [3.8, 4) is 11.8 Å². The second-order valence-corrected chi connectivity index (χ2v) is 3.65. The standard InChI is InChI=1S/C9H8F3NOS/c10-9(11,12)7(6-13-14)3-4-8-2-1-5-15-8/h1-2,5,7,13-14H,6H2. The van der Waals surface area contributed by atoms with Gasteiger partial charge in [-0.1, -0.05) is 17.9 Å². The second-order valence-electron chi connectivity index (χ2n) is 2.70. The van der Waals surface area contributed by atoms with Gasteiger partial charge in [0.25, 0.3) is 0 Å². The third-order valence-corrected chi connectivity index (χ3v) is 2.37. The van der Waals surface area contributed by atoms with Crippen molar-refractivity contribution in [2.24, 2.45) is 5.92 Å². The van der Waals surface area contributed by atoms with Crippen LogP contribution in [0.4, 0.5) is 13.2 Å². The summed E-state index contributed by atoms with van der Waals surface area (Å²) in [6.07, 6.45) is -4.43. The van der Waals surface area contributed by atoms with Crippen molar-refractivity contribution in [3.63, 3.8) is 0 Å². The fraction of sp³-hybridized carbons (Fsp3) is 0.333. The van der Waals surface area contributed by atoms with Crippen LogP contribution in [0.15, 0.2) is 17.5 Å². The van der Waals surface area contributed by atoms with Gasteiger partial charge in [0.1, 0.15) is 5.92 Å². The van der Waals surface area contributed by atoms with E-state index in [0.29, 0.717) is 4.88 Å². The maximum atomic E-state index is 12.3. The summed E-state index contributed by atoms with van der Waals surface area (Å²) in [6.45, 7) is -0.623. The normalized spacial score (nSPS) is 13.1. The number of thiophene rings is 1. The molecule has 1 rings (SSSR count). The lowest BCUT2D eigenvalue weighted by molar-refractivity contribution is -0.161. The molecule has 1 heterocycles. The molecule has 0 aliphatic heterocycles. The van der Waals surface area contributed by atoms with Crippen LogP contribution in [-0.4, -0.2) is 17.9 Å². The van der Waals surface area contributed by atoms with E-state index in [-0.39, 0.29) is 0 Å². The Labute approximate surface area is 88.7 Å². The van der Waals surface area contributed by atoms with E-state index < -0.39 is 18.6 Å². The molecule has 0 saturated heterocycles. The van der Waals surface area contributed by atoms with Crippen molar-refractivity contribution in [2.75, 3.05) is 6.54 Å². The molecule has 0 spiro atoms. The highest BCUT2D eigenvalue weighted by Crippen LogP contribution is 2.25. The molecule has 0 saturated carbocycles. The molecule has 0 bridgehead atoms. The molecular formula is C9H8F3NOS. The van der Waals surface area contributed by atoms with E-state index >= 15 is 0 Å². The Morgan fingerprint density at radius 2 is 2.27 bits per heavy atom. The van der Waals surface area contributed by atoms with Gasteiger partial charge in [0.2, 0.25) is 0 Å². The Hall–Kier alpha value is -1.03. The third-order valence-electron chi connectivity index (χ3n) is 1.58. The average Bonchev–Trinajstić information content (AvgIpc) is 2.62. The summed E-state index contributed by atoms with van der Waals surface area (Å²) in [5, 5.41) is 9.98. The smallest absolute Gasteiger partial charge is 0.317 e. The lowest BCUT2D eigenvalue weighted by Crippen LogP contribution is -2.31. The molecule has 1 aromatic heterocycles. The number of nitrogens with one attached hydrogen (secondary N) is 1. The molecule has 1 aromatic rings. The van der Waals surface area contributed by atoms with Crippen molar-refractivity contribution in [2.45, 2.75) is 6.18 Å². The molecule has 0 fully saturated rings.